The number of aliphatic hydroxyl groups is 1. The minimum atomic E-state index is 0.0956. The van der Waals surface area contributed by atoms with E-state index in [1.807, 2.05) is 13.0 Å². The Bertz CT molecular complexity index is 429. The van der Waals surface area contributed by atoms with E-state index >= 15 is 0 Å². The van der Waals surface area contributed by atoms with Gasteiger partial charge in [-0.1, -0.05) is 20.8 Å². The van der Waals surface area contributed by atoms with E-state index in [1.165, 1.54) is 5.56 Å². The summed E-state index contributed by atoms with van der Waals surface area (Å²) >= 11 is 3.59. The van der Waals surface area contributed by atoms with Gasteiger partial charge in [-0.25, -0.2) is 0 Å². The molecule has 1 aliphatic heterocycles. The van der Waals surface area contributed by atoms with Gasteiger partial charge in [-0.3, -0.25) is 0 Å². The predicted octanol–water partition coefficient (Wildman–Crippen LogP) is 3.40. The standard InChI is InChI=1S/C13H17BrO3/c1-7(2)11-9(8(3)5-15)4-10-13(12(11)14)17-6-16-10/h4,7-8,15H,5-6H2,1-3H3. The summed E-state index contributed by atoms with van der Waals surface area (Å²) < 4.78 is 11.8. The van der Waals surface area contributed by atoms with Gasteiger partial charge < -0.3 is 14.6 Å². The van der Waals surface area contributed by atoms with Gasteiger partial charge in [0.15, 0.2) is 11.5 Å². The predicted molar refractivity (Wildman–Crippen MR) is 69.9 cm³/mol. The zero-order valence-corrected chi connectivity index (χ0v) is 11.9. The molecule has 0 bridgehead atoms. The Labute approximate surface area is 110 Å². The monoisotopic (exact) mass is 300 g/mol. The molecule has 1 aliphatic rings. The van der Waals surface area contributed by atoms with Gasteiger partial charge in [0.05, 0.1) is 4.47 Å². The second-order valence-corrected chi connectivity index (χ2v) is 5.46. The number of aliphatic hydroxyl groups excluding tert-OH is 1. The van der Waals surface area contributed by atoms with Crippen LogP contribution in [-0.2, 0) is 0 Å². The van der Waals surface area contributed by atoms with E-state index in [4.69, 9.17) is 9.47 Å². The Balaban J connectivity index is 2.61. The Kier molecular flexibility index (Phi) is 3.64. The molecule has 1 unspecified atom stereocenters. The summed E-state index contributed by atoms with van der Waals surface area (Å²) in [5, 5.41) is 9.35. The van der Waals surface area contributed by atoms with Crippen LogP contribution in [0.3, 0.4) is 0 Å². The molecule has 94 valence electrons. The van der Waals surface area contributed by atoms with E-state index in [0.29, 0.717) is 5.92 Å². The molecule has 0 aromatic heterocycles. The van der Waals surface area contributed by atoms with Crippen LogP contribution in [0.25, 0.3) is 0 Å². The van der Waals surface area contributed by atoms with Crippen molar-refractivity contribution >= 4 is 15.9 Å². The average Bonchev–Trinajstić information content (AvgIpc) is 2.75. The maximum Gasteiger partial charge on any atom is 0.231 e. The highest BCUT2D eigenvalue weighted by Crippen LogP contribution is 2.46. The molecule has 17 heavy (non-hydrogen) atoms. The van der Waals surface area contributed by atoms with Gasteiger partial charge in [-0.05, 0) is 39.0 Å². The molecule has 4 heteroatoms. The molecule has 1 heterocycles. The summed E-state index contributed by atoms with van der Waals surface area (Å²) in [6, 6.07) is 1.99. The third-order valence-electron chi connectivity index (χ3n) is 3.06. The molecule has 1 N–H and O–H groups in total. The van der Waals surface area contributed by atoms with E-state index in [-0.39, 0.29) is 19.3 Å². The summed E-state index contributed by atoms with van der Waals surface area (Å²) in [4.78, 5) is 0. The van der Waals surface area contributed by atoms with Crippen molar-refractivity contribution in [2.45, 2.75) is 32.6 Å². The average molecular weight is 301 g/mol. The highest BCUT2D eigenvalue weighted by Gasteiger charge is 2.25. The lowest BCUT2D eigenvalue weighted by Crippen LogP contribution is -2.06. The van der Waals surface area contributed by atoms with Crippen LogP contribution < -0.4 is 9.47 Å². The molecule has 0 saturated carbocycles. The van der Waals surface area contributed by atoms with E-state index in [2.05, 4.69) is 29.8 Å². The molecule has 0 aliphatic carbocycles. The lowest BCUT2D eigenvalue weighted by molar-refractivity contribution is 0.173. The molecule has 0 spiro atoms. The first-order valence-electron chi connectivity index (χ1n) is 5.79. The van der Waals surface area contributed by atoms with Crippen LogP contribution in [0.5, 0.6) is 11.5 Å². The number of halogens is 1. The van der Waals surface area contributed by atoms with Crippen molar-refractivity contribution in [2.75, 3.05) is 13.4 Å². The van der Waals surface area contributed by atoms with Crippen LogP contribution in [0.1, 0.15) is 43.7 Å². The zero-order chi connectivity index (χ0) is 12.6. The van der Waals surface area contributed by atoms with E-state index in [0.717, 1.165) is 21.5 Å². The van der Waals surface area contributed by atoms with Crippen molar-refractivity contribution in [2.24, 2.45) is 0 Å². The van der Waals surface area contributed by atoms with Crippen LogP contribution in [0.4, 0.5) is 0 Å². The fraction of sp³-hybridized carbons (Fsp3) is 0.538. The molecular weight excluding hydrogens is 284 g/mol. The first-order chi connectivity index (χ1) is 8.06. The van der Waals surface area contributed by atoms with Gasteiger partial charge in [0.2, 0.25) is 6.79 Å². The van der Waals surface area contributed by atoms with Crippen LogP contribution in [0.15, 0.2) is 10.5 Å². The largest absolute Gasteiger partial charge is 0.454 e. The molecule has 2 rings (SSSR count). The maximum absolute atomic E-state index is 9.35. The first kappa shape index (κ1) is 12.7. The second-order valence-electron chi connectivity index (χ2n) is 4.67. The minimum Gasteiger partial charge on any atom is -0.454 e. The Morgan fingerprint density at radius 3 is 2.65 bits per heavy atom. The lowest BCUT2D eigenvalue weighted by Gasteiger charge is -2.20. The summed E-state index contributed by atoms with van der Waals surface area (Å²) in [6.07, 6.45) is 0. The highest BCUT2D eigenvalue weighted by molar-refractivity contribution is 9.10. The highest BCUT2D eigenvalue weighted by atomic mass is 79.9. The van der Waals surface area contributed by atoms with Crippen LogP contribution in [0, 0.1) is 0 Å². The summed E-state index contributed by atoms with van der Waals surface area (Å²) in [7, 11) is 0. The van der Waals surface area contributed by atoms with Crippen molar-refractivity contribution in [3.63, 3.8) is 0 Å². The van der Waals surface area contributed by atoms with Gasteiger partial charge in [0.1, 0.15) is 0 Å². The fourth-order valence-electron chi connectivity index (χ4n) is 2.13. The number of fused-ring (bicyclic) bond motifs is 1. The molecule has 0 fully saturated rings. The van der Waals surface area contributed by atoms with Crippen LogP contribution in [0.2, 0.25) is 0 Å². The van der Waals surface area contributed by atoms with Crippen LogP contribution >= 0.6 is 15.9 Å². The second kappa shape index (κ2) is 4.86. The smallest absolute Gasteiger partial charge is 0.231 e. The van der Waals surface area contributed by atoms with E-state index in [9.17, 15) is 5.11 Å². The molecule has 0 radical (unpaired) electrons. The van der Waals surface area contributed by atoms with Crippen molar-refractivity contribution in [1.82, 2.24) is 0 Å². The van der Waals surface area contributed by atoms with E-state index < -0.39 is 0 Å². The maximum atomic E-state index is 9.35. The molecule has 1 atom stereocenters. The number of ether oxygens (including phenoxy) is 2. The van der Waals surface area contributed by atoms with Gasteiger partial charge in [-0.15, -0.1) is 0 Å². The summed E-state index contributed by atoms with van der Waals surface area (Å²) in [5.74, 6) is 2.00. The van der Waals surface area contributed by atoms with E-state index in [1.54, 1.807) is 0 Å². The number of hydrogen-bond donors (Lipinski definition) is 1. The molecule has 1 aromatic rings. The number of benzene rings is 1. The van der Waals surface area contributed by atoms with Gasteiger partial charge in [0, 0.05) is 12.5 Å². The van der Waals surface area contributed by atoms with Gasteiger partial charge in [-0.2, -0.15) is 0 Å². The van der Waals surface area contributed by atoms with Gasteiger partial charge >= 0.3 is 0 Å². The topological polar surface area (TPSA) is 38.7 Å². The third kappa shape index (κ3) is 2.16. The number of hydrogen-bond acceptors (Lipinski definition) is 3. The Morgan fingerprint density at radius 2 is 2.06 bits per heavy atom. The molecular formula is C13H17BrO3. The van der Waals surface area contributed by atoms with Crippen molar-refractivity contribution in [3.05, 3.63) is 21.7 Å². The van der Waals surface area contributed by atoms with Crippen LogP contribution in [-0.4, -0.2) is 18.5 Å². The lowest BCUT2D eigenvalue weighted by atomic mass is 9.89. The summed E-state index contributed by atoms with van der Waals surface area (Å²) in [5.41, 5.74) is 2.31. The summed E-state index contributed by atoms with van der Waals surface area (Å²) in [6.45, 7) is 6.68. The molecule has 1 aromatic carbocycles. The quantitative estimate of drug-likeness (QED) is 0.930. The van der Waals surface area contributed by atoms with Crippen molar-refractivity contribution in [1.29, 1.82) is 0 Å². The van der Waals surface area contributed by atoms with Crippen molar-refractivity contribution < 1.29 is 14.6 Å². The van der Waals surface area contributed by atoms with Gasteiger partial charge in [0.25, 0.3) is 0 Å². The Hall–Kier alpha value is -0.740. The molecule has 3 nitrogen and oxygen atoms in total. The minimum absolute atomic E-state index is 0.0956. The third-order valence-corrected chi connectivity index (χ3v) is 3.84. The first-order valence-corrected chi connectivity index (χ1v) is 6.58. The normalized spacial score (nSPS) is 15.4. The SMILES string of the molecule is CC(C)c1c(C(C)CO)cc2c(c1Br)OCO2. The molecule has 0 saturated heterocycles. The molecule has 0 amide bonds. The fourth-order valence-corrected chi connectivity index (χ4v) is 3.12. The Morgan fingerprint density at radius 1 is 1.35 bits per heavy atom. The van der Waals surface area contributed by atoms with Crippen molar-refractivity contribution in [3.8, 4) is 11.5 Å². The zero-order valence-electron chi connectivity index (χ0n) is 10.3. The number of rotatable bonds is 3.